The van der Waals surface area contributed by atoms with Crippen LogP contribution in [0.4, 0.5) is 0 Å². The minimum absolute atomic E-state index is 0.102. The molecule has 0 fully saturated rings. The molecule has 1 heterocycles. The van der Waals surface area contributed by atoms with Gasteiger partial charge in [-0.15, -0.1) is 11.3 Å². The van der Waals surface area contributed by atoms with E-state index in [1.54, 1.807) is 11.6 Å². The first-order valence-electron chi connectivity index (χ1n) is 4.99. The molecule has 15 heavy (non-hydrogen) atoms. The molecule has 1 aromatic rings. The topological polar surface area (TPSA) is 51.2 Å². The van der Waals surface area contributed by atoms with Gasteiger partial charge in [0.2, 0.25) is 0 Å². The second kappa shape index (κ2) is 6.53. The fourth-order valence-corrected chi connectivity index (χ4v) is 1.56. The third-order valence-electron chi connectivity index (χ3n) is 1.68. The van der Waals surface area contributed by atoms with Crippen LogP contribution in [-0.2, 0) is 4.74 Å². The van der Waals surface area contributed by atoms with Crippen LogP contribution in [0, 0.1) is 0 Å². The molecule has 0 saturated carbocycles. The summed E-state index contributed by atoms with van der Waals surface area (Å²) in [5.41, 5.74) is 0. The summed E-state index contributed by atoms with van der Waals surface area (Å²) >= 11 is 1.35. The number of carbonyl (C=O) groups is 1. The molecule has 0 saturated heterocycles. The van der Waals surface area contributed by atoms with Gasteiger partial charge in [0.05, 0.1) is 6.10 Å². The van der Waals surface area contributed by atoms with Crippen molar-refractivity contribution in [3.8, 4) is 0 Å². The van der Waals surface area contributed by atoms with E-state index in [-0.39, 0.29) is 12.0 Å². The van der Waals surface area contributed by atoms with Gasteiger partial charge in [0.15, 0.2) is 5.01 Å². The first-order valence-corrected chi connectivity index (χ1v) is 5.87. The fourth-order valence-electron chi connectivity index (χ4n) is 1.00. The SMILES string of the molecule is CC(C)OCCCNC(=O)c1nccs1. The number of nitrogens with one attached hydrogen (secondary N) is 1. The normalized spacial score (nSPS) is 10.6. The van der Waals surface area contributed by atoms with Crippen LogP contribution >= 0.6 is 11.3 Å². The van der Waals surface area contributed by atoms with E-state index in [0.29, 0.717) is 18.2 Å². The molecule has 0 spiro atoms. The van der Waals surface area contributed by atoms with Crippen LogP contribution in [0.25, 0.3) is 0 Å². The maximum absolute atomic E-state index is 11.4. The van der Waals surface area contributed by atoms with Crippen molar-refractivity contribution in [3.05, 3.63) is 16.6 Å². The molecule has 0 unspecified atom stereocenters. The van der Waals surface area contributed by atoms with E-state index in [9.17, 15) is 4.79 Å². The summed E-state index contributed by atoms with van der Waals surface area (Å²) in [6.45, 7) is 5.29. The van der Waals surface area contributed by atoms with E-state index in [0.717, 1.165) is 6.42 Å². The Morgan fingerprint density at radius 2 is 2.47 bits per heavy atom. The minimum atomic E-state index is -0.102. The van der Waals surface area contributed by atoms with Crippen LogP contribution in [0.3, 0.4) is 0 Å². The Morgan fingerprint density at radius 3 is 3.07 bits per heavy atom. The van der Waals surface area contributed by atoms with Gasteiger partial charge in [0, 0.05) is 24.7 Å². The van der Waals surface area contributed by atoms with E-state index in [4.69, 9.17) is 4.74 Å². The number of thiazole rings is 1. The van der Waals surface area contributed by atoms with E-state index in [1.165, 1.54) is 11.3 Å². The average molecular weight is 228 g/mol. The molecule has 1 aromatic heterocycles. The molecule has 0 atom stereocenters. The van der Waals surface area contributed by atoms with Crippen molar-refractivity contribution in [2.24, 2.45) is 0 Å². The zero-order chi connectivity index (χ0) is 11.1. The van der Waals surface area contributed by atoms with Gasteiger partial charge in [-0.1, -0.05) is 0 Å². The molecule has 4 nitrogen and oxygen atoms in total. The fraction of sp³-hybridized carbons (Fsp3) is 0.600. The van der Waals surface area contributed by atoms with Gasteiger partial charge in [-0.25, -0.2) is 4.98 Å². The highest BCUT2D eigenvalue weighted by atomic mass is 32.1. The van der Waals surface area contributed by atoms with Crippen LogP contribution in [0.5, 0.6) is 0 Å². The first-order chi connectivity index (χ1) is 7.20. The number of hydrogen-bond acceptors (Lipinski definition) is 4. The average Bonchev–Trinajstić information content (AvgIpc) is 2.69. The molecule has 0 aromatic carbocycles. The molecular formula is C10H16N2O2S. The largest absolute Gasteiger partial charge is 0.379 e. The summed E-state index contributed by atoms with van der Waals surface area (Å²) in [5, 5.41) is 5.09. The molecule has 0 aliphatic carbocycles. The molecule has 1 amide bonds. The summed E-state index contributed by atoms with van der Waals surface area (Å²) in [4.78, 5) is 15.3. The quantitative estimate of drug-likeness (QED) is 0.754. The van der Waals surface area contributed by atoms with Gasteiger partial charge in [-0.2, -0.15) is 0 Å². The van der Waals surface area contributed by atoms with Gasteiger partial charge < -0.3 is 10.1 Å². The van der Waals surface area contributed by atoms with Crippen molar-refractivity contribution in [2.45, 2.75) is 26.4 Å². The second-order valence-corrected chi connectivity index (χ2v) is 4.26. The van der Waals surface area contributed by atoms with Gasteiger partial charge >= 0.3 is 0 Å². The van der Waals surface area contributed by atoms with Crippen molar-refractivity contribution >= 4 is 17.2 Å². The third-order valence-corrected chi connectivity index (χ3v) is 2.46. The van der Waals surface area contributed by atoms with Crippen molar-refractivity contribution in [3.63, 3.8) is 0 Å². The van der Waals surface area contributed by atoms with E-state index < -0.39 is 0 Å². The Hall–Kier alpha value is -0.940. The molecule has 1 rings (SSSR count). The number of rotatable bonds is 6. The number of aromatic nitrogens is 1. The van der Waals surface area contributed by atoms with Crippen LogP contribution < -0.4 is 5.32 Å². The van der Waals surface area contributed by atoms with Gasteiger partial charge in [-0.3, -0.25) is 4.79 Å². The van der Waals surface area contributed by atoms with Crippen LogP contribution in [0.2, 0.25) is 0 Å². The Balaban J connectivity index is 2.08. The monoisotopic (exact) mass is 228 g/mol. The number of nitrogens with zero attached hydrogens (tertiary/aromatic N) is 1. The second-order valence-electron chi connectivity index (χ2n) is 3.37. The summed E-state index contributed by atoms with van der Waals surface area (Å²) in [7, 11) is 0. The predicted octanol–water partition coefficient (Wildman–Crippen LogP) is 1.69. The van der Waals surface area contributed by atoms with Gasteiger partial charge in [0.1, 0.15) is 0 Å². The van der Waals surface area contributed by atoms with Crippen LogP contribution in [0.1, 0.15) is 30.1 Å². The lowest BCUT2D eigenvalue weighted by atomic mass is 10.4. The standard InChI is InChI=1S/C10H16N2O2S/c1-8(2)14-6-3-4-11-9(13)10-12-5-7-15-10/h5,7-8H,3-4,6H2,1-2H3,(H,11,13). The zero-order valence-corrected chi connectivity index (χ0v) is 9.84. The highest BCUT2D eigenvalue weighted by Gasteiger charge is 2.06. The van der Waals surface area contributed by atoms with Crippen molar-refractivity contribution in [1.82, 2.24) is 10.3 Å². The van der Waals surface area contributed by atoms with E-state index >= 15 is 0 Å². The molecule has 0 radical (unpaired) electrons. The third kappa shape index (κ3) is 4.90. The number of carbonyl (C=O) groups excluding carboxylic acids is 1. The first kappa shape index (κ1) is 12.1. The molecule has 5 heteroatoms. The summed E-state index contributed by atoms with van der Waals surface area (Å²) in [6.07, 6.45) is 2.70. The molecule has 0 bridgehead atoms. The number of amides is 1. The van der Waals surface area contributed by atoms with Crippen molar-refractivity contribution in [2.75, 3.05) is 13.2 Å². The zero-order valence-electron chi connectivity index (χ0n) is 9.03. The van der Waals surface area contributed by atoms with E-state index in [1.807, 2.05) is 13.8 Å². The molecule has 1 N–H and O–H groups in total. The Morgan fingerprint density at radius 1 is 1.67 bits per heavy atom. The van der Waals surface area contributed by atoms with Gasteiger partial charge in [0.25, 0.3) is 5.91 Å². The maximum atomic E-state index is 11.4. The molecular weight excluding hydrogens is 212 g/mol. The molecule has 84 valence electrons. The maximum Gasteiger partial charge on any atom is 0.280 e. The lowest BCUT2D eigenvalue weighted by Gasteiger charge is -2.07. The predicted molar refractivity (Wildman–Crippen MR) is 60.2 cm³/mol. The van der Waals surface area contributed by atoms with E-state index in [2.05, 4.69) is 10.3 Å². The lowest BCUT2D eigenvalue weighted by molar-refractivity contribution is 0.0757. The van der Waals surface area contributed by atoms with Crippen molar-refractivity contribution < 1.29 is 9.53 Å². The summed E-state index contributed by atoms with van der Waals surface area (Å²) in [6, 6.07) is 0. The Labute approximate surface area is 93.7 Å². The van der Waals surface area contributed by atoms with Crippen LogP contribution in [0.15, 0.2) is 11.6 Å². The number of ether oxygens (including phenoxy) is 1. The highest BCUT2D eigenvalue weighted by molar-refractivity contribution is 7.11. The Bertz CT molecular complexity index is 286. The van der Waals surface area contributed by atoms with Gasteiger partial charge in [-0.05, 0) is 20.3 Å². The summed E-state index contributed by atoms with van der Waals surface area (Å²) < 4.78 is 5.35. The number of hydrogen-bond donors (Lipinski definition) is 1. The molecule has 0 aliphatic rings. The molecule has 0 aliphatic heterocycles. The minimum Gasteiger partial charge on any atom is -0.379 e. The summed E-state index contributed by atoms with van der Waals surface area (Å²) in [5.74, 6) is -0.102. The Kier molecular flexibility index (Phi) is 5.28. The smallest absolute Gasteiger partial charge is 0.280 e. The highest BCUT2D eigenvalue weighted by Crippen LogP contribution is 2.02. The van der Waals surface area contributed by atoms with Crippen LogP contribution in [-0.4, -0.2) is 30.1 Å². The van der Waals surface area contributed by atoms with Crippen molar-refractivity contribution in [1.29, 1.82) is 0 Å². The lowest BCUT2D eigenvalue weighted by Crippen LogP contribution is -2.25.